The van der Waals surface area contributed by atoms with Crippen LogP contribution >= 0.6 is 11.6 Å². The maximum atomic E-state index is 12.1. The molecule has 1 aromatic heterocycles. The van der Waals surface area contributed by atoms with Crippen molar-refractivity contribution in [2.24, 2.45) is 0 Å². The first kappa shape index (κ1) is 16.7. The van der Waals surface area contributed by atoms with Crippen LogP contribution in [-0.2, 0) is 16.4 Å². The normalized spacial score (nSPS) is 11.4. The third-order valence-corrected chi connectivity index (χ3v) is 4.84. The van der Waals surface area contributed by atoms with Crippen LogP contribution < -0.4 is 9.62 Å². The van der Waals surface area contributed by atoms with Crippen molar-refractivity contribution >= 4 is 27.3 Å². The summed E-state index contributed by atoms with van der Waals surface area (Å²) in [4.78, 5) is 5.90. The Labute approximate surface area is 136 Å². The molecule has 7 heteroatoms. The highest BCUT2D eigenvalue weighted by atomic mass is 35.5. The standard InChI is InChI=1S/C15H18ClN3O2S/c1-19(2)13-5-3-12(4-6-13)9-10-18-22(20,21)14-7-8-15(16)17-11-14/h3-8,11,18H,9-10H2,1-2H3. The second kappa shape index (κ2) is 7.09. The first-order chi connectivity index (χ1) is 10.4. The zero-order chi connectivity index (χ0) is 16.2. The van der Waals surface area contributed by atoms with Crippen molar-refractivity contribution in [1.29, 1.82) is 0 Å². The Morgan fingerprint density at radius 1 is 1.14 bits per heavy atom. The molecule has 1 heterocycles. The highest BCUT2D eigenvalue weighted by Gasteiger charge is 2.13. The van der Waals surface area contributed by atoms with Gasteiger partial charge in [0, 0.05) is 32.5 Å². The van der Waals surface area contributed by atoms with Gasteiger partial charge in [-0.3, -0.25) is 0 Å². The van der Waals surface area contributed by atoms with Gasteiger partial charge in [0.1, 0.15) is 10.0 Å². The van der Waals surface area contributed by atoms with Gasteiger partial charge in [0.25, 0.3) is 0 Å². The van der Waals surface area contributed by atoms with Gasteiger partial charge in [0.05, 0.1) is 0 Å². The number of hydrogen-bond acceptors (Lipinski definition) is 4. The summed E-state index contributed by atoms with van der Waals surface area (Å²) in [6.07, 6.45) is 1.87. The summed E-state index contributed by atoms with van der Waals surface area (Å²) >= 11 is 5.65. The van der Waals surface area contributed by atoms with Crippen LogP contribution in [0, 0.1) is 0 Å². The number of anilines is 1. The van der Waals surface area contributed by atoms with E-state index in [9.17, 15) is 8.42 Å². The van der Waals surface area contributed by atoms with Crippen LogP contribution in [-0.4, -0.2) is 34.0 Å². The summed E-state index contributed by atoms with van der Waals surface area (Å²) in [6.45, 7) is 0.326. The Balaban J connectivity index is 1.93. The lowest BCUT2D eigenvalue weighted by atomic mass is 10.1. The van der Waals surface area contributed by atoms with Gasteiger partial charge in [-0.2, -0.15) is 0 Å². The van der Waals surface area contributed by atoms with Crippen LogP contribution in [0.2, 0.25) is 5.15 Å². The van der Waals surface area contributed by atoms with Crippen molar-refractivity contribution in [3.05, 3.63) is 53.3 Å². The van der Waals surface area contributed by atoms with Crippen LogP contribution in [0.1, 0.15) is 5.56 Å². The first-order valence-corrected chi connectivity index (χ1v) is 8.62. The Morgan fingerprint density at radius 3 is 2.36 bits per heavy atom. The van der Waals surface area contributed by atoms with Crippen molar-refractivity contribution in [2.45, 2.75) is 11.3 Å². The van der Waals surface area contributed by atoms with Gasteiger partial charge >= 0.3 is 0 Å². The number of sulfonamides is 1. The highest BCUT2D eigenvalue weighted by Crippen LogP contribution is 2.13. The maximum Gasteiger partial charge on any atom is 0.242 e. The predicted octanol–water partition coefficient (Wildman–Crippen LogP) is 2.32. The lowest BCUT2D eigenvalue weighted by Crippen LogP contribution is -2.26. The van der Waals surface area contributed by atoms with Gasteiger partial charge in [-0.05, 0) is 36.2 Å². The predicted molar refractivity (Wildman–Crippen MR) is 88.9 cm³/mol. The van der Waals surface area contributed by atoms with E-state index in [2.05, 4.69) is 9.71 Å². The molecule has 0 saturated carbocycles. The number of hydrogen-bond donors (Lipinski definition) is 1. The number of benzene rings is 1. The number of pyridine rings is 1. The van der Waals surface area contributed by atoms with Crippen molar-refractivity contribution in [2.75, 3.05) is 25.5 Å². The molecule has 0 fully saturated rings. The van der Waals surface area contributed by atoms with Gasteiger partial charge in [-0.25, -0.2) is 18.1 Å². The third kappa shape index (κ3) is 4.43. The molecule has 2 rings (SSSR count). The largest absolute Gasteiger partial charge is 0.378 e. The summed E-state index contributed by atoms with van der Waals surface area (Å²) in [5.41, 5.74) is 2.18. The van der Waals surface area contributed by atoms with E-state index in [1.54, 1.807) is 0 Å². The molecule has 0 atom stereocenters. The molecule has 2 aromatic rings. The van der Waals surface area contributed by atoms with Crippen LogP contribution in [0.25, 0.3) is 0 Å². The third-order valence-electron chi connectivity index (χ3n) is 3.17. The van der Waals surface area contributed by atoms with Crippen LogP contribution in [0.15, 0.2) is 47.5 Å². The summed E-state index contributed by atoms with van der Waals surface area (Å²) in [5.74, 6) is 0. The van der Waals surface area contributed by atoms with Crippen molar-refractivity contribution < 1.29 is 8.42 Å². The van der Waals surface area contributed by atoms with E-state index in [-0.39, 0.29) is 10.0 Å². The van der Waals surface area contributed by atoms with E-state index in [4.69, 9.17) is 11.6 Å². The van der Waals surface area contributed by atoms with E-state index < -0.39 is 10.0 Å². The van der Waals surface area contributed by atoms with Gasteiger partial charge in [-0.1, -0.05) is 23.7 Å². The molecule has 0 bridgehead atoms. The second-order valence-electron chi connectivity index (χ2n) is 5.03. The summed E-state index contributed by atoms with van der Waals surface area (Å²) in [7, 11) is 0.403. The van der Waals surface area contributed by atoms with Gasteiger partial charge in [-0.15, -0.1) is 0 Å². The first-order valence-electron chi connectivity index (χ1n) is 6.76. The van der Waals surface area contributed by atoms with Crippen molar-refractivity contribution in [1.82, 2.24) is 9.71 Å². The molecule has 0 unspecified atom stereocenters. The Kier molecular flexibility index (Phi) is 5.39. The minimum Gasteiger partial charge on any atom is -0.378 e. The molecular formula is C15H18ClN3O2S. The van der Waals surface area contributed by atoms with Gasteiger partial charge in [0.2, 0.25) is 10.0 Å². The lowest BCUT2D eigenvalue weighted by Gasteiger charge is -2.12. The van der Waals surface area contributed by atoms with E-state index in [0.717, 1.165) is 11.3 Å². The monoisotopic (exact) mass is 339 g/mol. The summed E-state index contributed by atoms with van der Waals surface area (Å²) in [6, 6.07) is 10.9. The maximum absolute atomic E-state index is 12.1. The molecule has 0 saturated heterocycles. The molecule has 0 spiro atoms. The van der Waals surface area contributed by atoms with Crippen LogP contribution in [0.3, 0.4) is 0 Å². The zero-order valence-electron chi connectivity index (χ0n) is 12.5. The van der Waals surface area contributed by atoms with Crippen molar-refractivity contribution in [3.8, 4) is 0 Å². The number of rotatable bonds is 6. The molecule has 1 aromatic carbocycles. The quantitative estimate of drug-likeness (QED) is 0.820. The SMILES string of the molecule is CN(C)c1ccc(CCNS(=O)(=O)c2ccc(Cl)nc2)cc1. The average Bonchev–Trinajstić information content (AvgIpc) is 2.48. The zero-order valence-corrected chi connectivity index (χ0v) is 14.0. The second-order valence-corrected chi connectivity index (χ2v) is 7.18. The molecular weight excluding hydrogens is 322 g/mol. The van der Waals surface area contributed by atoms with E-state index in [1.807, 2.05) is 43.3 Å². The van der Waals surface area contributed by atoms with Crippen LogP contribution in [0.5, 0.6) is 0 Å². The summed E-state index contributed by atoms with van der Waals surface area (Å²) in [5, 5.41) is 0.264. The fourth-order valence-electron chi connectivity index (χ4n) is 1.90. The van der Waals surface area contributed by atoms with Gasteiger partial charge < -0.3 is 4.90 Å². The molecule has 0 aliphatic rings. The number of nitrogens with one attached hydrogen (secondary N) is 1. The smallest absolute Gasteiger partial charge is 0.242 e. The molecule has 5 nitrogen and oxygen atoms in total. The number of nitrogens with zero attached hydrogens (tertiary/aromatic N) is 2. The van der Waals surface area contributed by atoms with Gasteiger partial charge in [0.15, 0.2) is 0 Å². The highest BCUT2D eigenvalue weighted by molar-refractivity contribution is 7.89. The van der Waals surface area contributed by atoms with Crippen LogP contribution in [0.4, 0.5) is 5.69 Å². The molecule has 1 N–H and O–H groups in total. The molecule has 118 valence electrons. The molecule has 0 aliphatic heterocycles. The fraction of sp³-hybridized carbons (Fsp3) is 0.267. The molecule has 0 amide bonds. The minimum absolute atomic E-state index is 0.111. The lowest BCUT2D eigenvalue weighted by molar-refractivity contribution is 0.581. The molecule has 0 aliphatic carbocycles. The van der Waals surface area contributed by atoms with Crippen molar-refractivity contribution in [3.63, 3.8) is 0 Å². The summed E-state index contributed by atoms with van der Waals surface area (Å²) < 4.78 is 26.7. The van der Waals surface area contributed by atoms with E-state index in [1.165, 1.54) is 18.3 Å². The molecule has 0 radical (unpaired) electrons. The topological polar surface area (TPSA) is 62.3 Å². The molecule has 22 heavy (non-hydrogen) atoms. The Hall–Kier alpha value is -1.63. The Morgan fingerprint density at radius 2 is 1.82 bits per heavy atom. The number of halogens is 1. The Bertz CT molecular complexity index is 713. The van der Waals surface area contributed by atoms with E-state index in [0.29, 0.717) is 13.0 Å². The fourth-order valence-corrected chi connectivity index (χ4v) is 2.98. The van der Waals surface area contributed by atoms with E-state index >= 15 is 0 Å². The number of aromatic nitrogens is 1. The minimum atomic E-state index is -3.55. The average molecular weight is 340 g/mol.